The van der Waals surface area contributed by atoms with Crippen LogP contribution in [0.15, 0.2) is 18.2 Å². The Balaban J connectivity index is 2.81. The van der Waals surface area contributed by atoms with Gasteiger partial charge in [-0.3, -0.25) is 0 Å². The number of hydrogen-bond acceptors (Lipinski definition) is 2. The molecule has 0 spiro atoms. The topological polar surface area (TPSA) is 44.0 Å². The maximum Gasteiger partial charge on any atom is 0.0991 e. The summed E-state index contributed by atoms with van der Waals surface area (Å²) >= 11 is 2.25. The molecule has 3 heteroatoms. The molecule has 0 heterocycles. The molecule has 15 heavy (non-hydrogen) atoms. The number of nitriles is 1. The van der Waals surface area contributed by atoms with Crippen molar-refractivity contribution in [2.45, 2.75) is 32.3 Å². The van der Waals surface area contributed by atoms with Gasteiger partial charge in [-0.05, 0) is 73.0 Å². The summed E-state index contributed by atoms with van der Waals surface area (Å²) in [6.07, 6.45) is 1.51. The number of hydrogen-bond donors (Lipinski definition) is 1. The van der Waals surface area contributed by atoms with Crippen LogP contribution < -0.4 is 0 Å². The van der Waals surface area contributed by atoms with Crippen molar-refractivity contribution >= 4 is 22.6 Å². The Bertz CT molecular complexity index is 388. The van der Waals surface area contributed by atoms with Crippen molar-refractivity contribution in [3.63, 3.8) is 0 Å². The van der Waals surface area contributed by atoms with Crippen molar-refractivity contribution in [1.82, 2.24) is 0 Å². The Morgan fingerprint density at radius 3 is 2.67 bits per heavy atom. The number of halogens is 1. The van der Waals surface area contributed by atoms with E-state index >= 15 is 0 Å². The van der Waals surface area contributed by atoms with E-state index in [0.29, 0.717) is 12.0 Å². The van der Waals surface area contributed by atoms with Gasteiger partial charge in [0, 0.05) is 3.57 Å². The largest absolute Gasteiger partial charge is 0.390 e. The highest BCUT2D eigenvalue weighted by Crippen LogP contribution is 2.19. The van der Waals surface area contributed by atoms with Crippen LogP contribution in [0.2, 0.25) is 0 Å². The molecule has 0 fully saturated rings. The van der Waals surface area contributed by atoms with E-state index in [1.807, 2.05) is 18.2 Å². The summed E-state index contributed by atoms with van der Waals surface area (Å²) in [6, 6.07) is 7.78. The average molecular weight is 315 g/mol. The predicted octanol–water partition coefficient (Wildman–Crippen LogP) is 2.87. The summed E-state index contributed by atoms with van der Waals surface area (Å²) in [5.74, 6) is 0. The minimum absolute atomic E-state index is 0.647. The molecule has 0 saturated heterocycles. The smallest absolute Gasteiger partial charge is 0.0991 e. The van der Waals surface area contributed by atoms with Gasteiger partial charge >= 0.3 is 0 Å². The van der Waals surface area contributed by atoms with Crippen molar-refractivity contribution in [2.24, 2.45) is 0 Å². The maximum absolute atomic E-state index is 9.63. The Kier molecular flexibility index (Phi) is 4.12. The van der Waals surface area contributed by atoms with Crippen molar-refractivity contribution in [3.05, 3.63) is 32.9 Å². The van der Waals surface area contributed by atoms with Crippen molar-refractivity contribution < 1.29 is 5.11 Å². The number of nitrogens with zero attached hydrogens (tertiary/aromatic N) is 1. The quantitative estimate of drug-likeness (QED) is 0.872. The lowest BCUT2D eigenvalue weighted by Gasteiger charge is -2.17. The predicted molar refractivity (Wildman–Crippen MR) is 68.5 cm³/mol. The number of aryl methyl sites for hydroxylation is 1. The van der Waals surface area contributed by atoms with E-state index in [1.165, 1.54) is 0 Å². The van der Waals surface area contributed by atoms with Crippen LogP contribution in [0, 0.1) is 14.9 Å². The summed E-state index contributed by atoms with van der Waals surface area (Å²) in [7, 11) is 0. The van der Waals surface area contributed by atoms with Crippen LogP contribution in [0.4, 0.5) is 0 Å². The zero-order valence-corrected chi connectivity index (χ0v) is 11.1. The number of aliphatic hydroxyl groups is 1. The SMILES string of the molecule is CC(C)(O)CCc1cc(C#N)ccc1I. The van der Waals surface area contributed by atoms with Gasteiger partial charge in [0.2, 0.25) is 0 Å². The first-order valence-electron chi connectivity index (χ1n) is 4.83. The fourth-order valence-corrected chi connectivity index (χ4v) is 1.88. The Hall–Kier alpha value is -0.600. The molecule has 80 valence electrons. The summed E-state index contributed by atoms with van der Waals surface area (Å²) in [4.78, 5) is 0. The van der Waals surface area contributed by atoms with Gasteiger partial charge in [-0.25, -0.2) is 0 Å². The maximum atomic E-state index is 9.63. The van der Waals surface area contributed by atoms with Crippen LogP contribution in [0.3, 0.4) is 0 Å². The normalized spacial score (nSPS) is 11.1. The van der Waals surface area contributed by atoms with E-state index in [0.717, 1.165) is 15.6 Å². The van der Waals surface area contributed by atoms with Crippen LogP contribution in [0.1, 0.15) is 31.4 Å². The van der Waals surface area contributed by atoms with Crippen molar-refractivity contribution in [1.29, 1.82) is 5.26 Å². The molecular formula is C12H14INO. The molecule has 0 saturated carbocycles. The average Bonchev–Trinajstić information content (AvgIpc) is 2.15. The fraction of sp³-hybridized carbons (Fsp3) is 0.417. The lowest BCUT2D eigenvalue weighted by molar-refractivity contribution is 0.0713. The molecule has 1 N–H and O–H groups in total. The van der Waals surface area contributed by atoms with Gasteiger partial charge in [0.05, 0.1) is 17.2 Å². The minimum Gasteiger partial charge on any atom is -0.390 e. The summed E-state index contributed by atoms with van der Waals surface area (Å²) in [6.45, 7) is 3.60. The van der Waals surface area contributed by atoms with Gasteiger partial charge in [0.25, 0.3) is 0 Å². The lowest BCUT2D eigenvalue weighted by Crippen LogP contribution is -2.19. The second-order valence-corrected chi connectivity index (χ2v) is 5.39. The monoisotopic (exact) mass is 315 g/mol. The highest BCUT2D eigenvalue weighted by atomic mass is 127. The van der Waals surface area contributed by atoms with Crippen LogP contribution in [0.5, 0.6) is 0 Å². The summed E-state index contributed by atoms with van der Waals surface area (Å²) < 4.78 is 1.15. The van der Waals surface area contributed by atoms with Crippen LogP contribution in [-0.2, 0) is 6.42 Å². The van der Waals surface area contributed by atoms with E-state index in [9.17, 15) is 5.11 Å². The molecular weight excluding hydrogens is 301 g/mol. The van der Waals surface area contributed by atoms with Crippen LogP contribution in [0.25, 0.3) is 0 Å². The van der Waals surface area contributed by atoms with E-state index in [-0.39, 0.29) is 0 Å². The molecule has 1 rings (SSSR count). The molecule has 0 radical (unpaired) electrons. The molecule has 0 amide bonds. The Morgan fingerprint density at radius 1 is 1.47 bits per heavy atom. The fourth-order valence-electron chi connectivity index (χ4n) is 1.28. The van der Waals surface area contributed by atoms with Gasteiger partial charge in [0.1, 0.15) is 0 Å². The van der Waals surface area contributed by atoms with Crippen molar-refractivity contribution in [2.75, 3.05) is 0 Å². The molecule has 0 unspecified atom stereocenters. The third-order valence-electron chi connectivity index (χ3n) is 2.18. The molecule has 1 aromatic carbocycles. The van der Waals surface area contributed by atoms with Crippen molar-refractivity contribution in [3.8, 4) is 6.07 Å². The zero-order chi connectivity index (χ0) is 11.5. The molecule has 0 aliphatic carbocycles. The molecule has 2 nitrogen and oxygen atoms in total. The zero-order valence-electron chi connectivity index (χ0n) is 8.92. The van der Waals surface area contributed by atoms with Crippen LogP contribution >= 0.6 is 22.6 Å². The van der Waals surface area contributed by atoms with Crippen LogP contribution in [-0.4, -0.2) is 10.7 Å². The van der Waals surface area contributed by atoms with E-state index in [4.69, 9.17) is 5.26 Å². The van der Waals surface area contributed by atoms with E-state index < -0.39 is 5.60 Å². The minimum atomic E-state index is -0.647. The molecule has 0 aliphatic heterocycles. The van der Waals surface area contributed by atoms with Gasteiger partial charge in [0.15, 0.2) is 0 Å². The third-order valence-corrected chi connectivity index (χ3v) is 3.23. The second-order valence-electron chi connectivity index (χ2n) is 4.23. The molecule has 0 aliphatic rings. The van der Waals surface area contributed by atoms with Gasteiger partial charge in [-0.1, -0.05) is 0 Å². The number of benzene rings is 1. The number of rotatable bonds is 3. The Morgan fingerprint density at radius 2 is 2.13 bits per heavy atom. The first kappa shape index (κ1) is 12.5. The highest BCUT2D eigenvalue weighted by Gasteiger charge is 2.13. The van der Waals surface area contributed by atoms with E-state index in [1.54, 1.807) is 13.8 Å². The Labute approximate surface area is 104 Å². The molecule has 0 aromatic heterocycles. The summed E-state index contributed by atoms with van der Waals surface area (Å²) in [5.41, 5.74) is 1.17. The second kappa shape index (κ2) is 4.95. The standard InChI is InChI=1S/C12H14INO/c1-12(2,15)6-5-10-7-9(8-14)3-4-11(10)13/h3-4,7,15H,5-6H2,1-2H3. The summed E-state index contributed by atoms with van der Waals surface area (Å²) in [5, 5.41) is 18.4. The first-order chi connectivity index (χ1) is 6.92. The molecule has 1 aromatic rings. The third kappa shape index (κ3) is 4.18. The van der Waals surface area contributed by atoms with Gasteiger partial charge in [-0.2, -0.15) is 5.26 Å². The first-order valence-corrected chi connectivity index (χ1v) is 5.91. The van der Waals surface area contributed by atoms with Gasteiger partial charge in [-0.15, -0.1) is 0 Å². The van der Waals surface area contributed by atoms with Gasteiger partial charge < -0.3 is 5.11 Å². The highest BCUT2D eigenvalue weighted by molar-refractivity contribution is 14.1. The molecule has 0 atom stereocenters. The van der Waals surface area contributed by atoms with E-state index in [2.05, 4.69) is 28.7 Å². The lowest BCUT2D eigenvalue weighted by atomic mass is 9.98. The molecule has 0 bridgehead atoms.